The second-order valence-corrected chi connectivity index (χ2v) is 7.56. The lowest BCUT2D eigenvalue weighted by Gasteiger charge is -2.63. The molecule has 1 spiro atoms. The summed E-state index contributed by atoms with van der Waals surface area (Å²) >= 11 is 0. The van der Waals surface area contributed by atoms with Crippen LogP contribution in [-0.2, 0) is 16.6 Å². The van der Waals surface area contributed by atoms with E-state index >= 15 is 0 Å². The van der Waals surface area contributed by atoms with Gasteiger partial charge in [-0.05, 0) is 38.1 Å². The first-order chi connectivity index (χ1) is 11.4. The molecule has 2 aliphatic carbocycles. The van der Waals surface area contributed by atoms with Gasteiger partial charge in [-0.25, -0.2) is 0 Å². The molecule has 5 atom stereocenters. The van der Waals surface area contributed by atoms with Crippen molar-refractivity contribution in [3.05, 3.63) is 23.3 Å². The Bertz CT molecular complexity index is 764. The Hall–Kier alpha value is -1.63. The van der Waals surface area contributed by atoms with E-state index in [1.54, 1.807) is 7.11 Å². The normalized spacial score (nSPS) is 42.5. The van der Waals surface area contributed by atoms with Crippen molar-refractivity contribution in [3.63, 3.8) is 0 Å². The van der Waals surface area contributed by atoms with Crippen molar-refractivity contribution >= 4 is 5.78 Å². The summed E-state index contributed by atoms with van der Waals surface area (Å²) in [5.74, 6) is 1.02. The number of aliphatic hydroxyl groups is 2. The molecule has 2 bridgehead atoms. The van der Waals surface area contributed by atoms with E-state index in [1.165, 1.54) is 0 Å². The Labute approximate surface area is 140 Å². The summed E-state index contributed by atoms with van der Waals surface area (Å²) in [6, 6.07) is 3.64. The molecule has 5 rings (SSSR count). The van der Waals surface area contributed by atoms with Crippen molar-refractivity contribution in [2.24, 2.45) is 0 Å². The fourth-order valence-electron chi connectivity index (χ4n) is 5.73. The zero-order chi connectivity index (χ0) is 16.9. The number of hydrogen-bond donors (Lipinski definition) is 2. The van der Waals surface area contributed by atoms with Gasteiger partial charge in [-0.15, -0.1) is 0 Å². The minimum absolute atomic E-state index is 0.0705. The summed E-state index contributed by atoms with van der Waals surface area (Å²) in [6.45, 7) is 0.753. The number of rotatable bonds is 1. The molecule has 128 valence electrons. The number of Topliss-reactive ketones (excluding diaryl/α,β-unsaturated/α-hetero) is 1. The quantitative estimate of drug-likeness (QED) is 0.755. The van der Waals surface area contributed by atoms with Crippen LogP contribution in [0.2, 0.25) is 0 Å². The third-order valence-corrected chi connectivity index (χ3v) is 6.78. The van der Waals surface area contributed by atoms with Gasteiger partial charge in [-0.3, -0.25) is 4.79 Å². The van der Waals surface area contributed by atoms with Crippen LogP contribution in [0.5, 0.6) is 11.5 Å². The van der Waals surface area contributed by atoms with Gasteiger partial charge in [0.2, 0.25) is 0 Å². The van der Waals surface area contributed by atoms with Crippen LogP contribution in [0.1, 0.15) is 24.0 Å². The maximum Gasteiger partial charge on any atom is 0.177 e. The Morgan fingerprint density at radius 2 is 2.17 bits per heavy atom. The summed E-state index contributed by atoms with van der Waals surface area (Å²) in [4.78, 5) is 14.8. The Balaban J connectivity index is 1.87. The second kappa shape index (κ2) is 4.31. The first-order valence-electron chi connectivity index (χ1n) is 8.45. The number of likely N-dealkylation sites (tertiary alicyclic amines) is 1. The van der Waals surface area contributed by atoms with Crippen molar-refractivity contribution in [3.8, 4) is 11.5 Å². The van der Waals surface area contributed by atoms with Crippen LogP contribution in [-0.4, -0.2) is 65.4 Å². The molecular weight excluding hydrogens is 310 g/mol. The van der Waals surface area contributed by atoms with Crippen molar-refractivity contribution in [2.45, 2.75) is 48.5 Å². The highest BCUT2D eigenvalue weighted by Gasteiger charge is 2.75. The molecule has 1 aromatic rings. The standard InChI is InChI=1S/C18H21NO5/c1-19-6-5-17-14-9-3-4-11(23-2)15(14)24-16(17)10(20)8-13(21)18(17,22)12(19)7-9/h3-4,12-13,16,21-22H,5-8H2,1-2H3/t12?,13-,16+,17?,18?/m1/s1. The molecule has 4 aliphatic rings. The molecule has 1 aromatic carbocycles. The number of piperidine rings is 1. The zero-order valence-electron chi connectivity index (χ0n) is 13.8. The SMILES string of the molecule is COc1ccc2c3c1O[C@H]1C(=O)C[C@@H](O)C4(O)C(C2)N(C)CCC314. The van der Waals surface area contributed by atoms with Gasteiger partial charge in [0.1, 0.15) is 5.60 Å². The van der Waals surface area contributed by atoms with Gasteiger partial charge in [-0.2, -0.15) is 0 Å². The largest absolute Gasteiger partial charge is 0.493 e. The fraction of sp³-hybridized carbons (Fsp3) is 0.611. The highest BCUT2D eigenvalue weighted by atomic mass is 16.5. The van der Waals surface area contributed by atoms with E-state index in [9.17, 15) is 15.0 Å². The molecule has 1 saturated carbocycles. The van der Waals surface area contributed by atoms with Crippen LogP contribution in [0.3, 0.4) is 0 Å². The molecule has 2 N–H and O–H groups in total. The van der Waals surface area contributed by atoms with Gasteiger partial charge < -0.3 is 24.6 Å². The van der Waals surface area contributed by atoms with Crippen LogP contribution in [0.15, 0.2) is 12.1 Å². The van der Waals surface area contributed by atoms with Crippen LogP contribution < -0.4 is 9.47 Å². The molecule has 2 fully saturated rings. The topological polar surface area (TPSA) is 79.2 Å². The third kappa shape index (κ3) is 1.31. The maximum absolute atomic E-state index is 12.7. The smallest absolute Gasteiger partial charge is 0.177 e. The van der Waals surface area contributed by atoms with E-state index < -0.39 is 23.2 Å². The molecule has 6 nitrogen and oxygen atoms in total. The summed E-state index contributed by atoms with van der Waals surface area (Å²) in [6.07, 6.45) is -0.686. The summed E-state index contributed by atoms with van der Waals surface area (Å²) in [5, 5.41) is 22.5. The number of hydrogen-bond acceptors (Lipinski definition) is 6. The molecule has 6 heteroatoms. The number of carbonyl (C=O) groups is 1. The highest BCUT2D eigenvalue weighted by Crippen LogP contribution is 2.64. The van der Waals surface area contributed by atoms with Crippen molar-refractivity contribution in [1.82, 2.24) is 4.90 Å². The van der Waals surface area contributed by atoms with Crippen LogP contribution >= 0.6 is 0 Å². The van der Waals surface area contributed by atoms with Gasteiger partial charge >= 0.3 is 0 Å². The number of ketones is 1. The predicted molar refractivity (Wildman–Crippen MR) is 84.4 cm³/mol. The van der Waals surface area contributed by atoms with Crippen LogP contribution in [0.25, 0.3) is 0 Å². The number of benzene rings is 1. The van der Waals surface area contributed by atoms with E-state index in [1.807, 2.05) is 19.2 Å². The molecule has 24 heavy (non-hydrogen) atoms. The lowest BCUT2D eigenvalue weighted by molar-refractivity contribution is -0.226. The monoisotopic (exact) mass is 331 g/mol. The van der Waals surface area contributed by atoms with Gasteiger partial charge in [-0.1, -0.05) is 6.07 Å². The van der Waals surface area contributed by atoms with Gasteiger partial charge in [0, 0.05) is 18.0 Å². The number of likely N-dealkylation sites (N-methyl/N-ethyl adjacent to an activating group) is 1. The summed E-state index contributed by atoms with van der Waals surface area (Å²) in [7, 11) is 3.54. The fourth-order valence-corrected chi connectivity index (χ4v) is 5.73. The van der Waals surface area contributed by atoms with Gasteiger partial charge in [0.05, 0.1) is 18.6 Å². The first-order valence-corrected chi connectivity index (χ1v) is 8.45. The van der Waals surface area contributed by atoms with Crippen molar-refractivity contribution in [1.29, 1.82) is 0 Å². The first kappa shape index (κ1) is 14.7. The molecule has 0 amide bonds. The second-order valence-electron chi connectivity index (χ2n) is 7.56. The Kier molecular flexibility index (Phi) is 2.64. The molecular formula is C18H21NO5. The zero-order valence-corrected chi connectivity index (χ0v) is 13.8. The minimum Gasteiger partial charge on any atom is -0.493 e. The number of carbonyl (C=O) groups excluding carboxylic acids is 1. The van der Waals surface area contributed by atoms with E-state index in [0.717, 1.165) is 17.7 Å². The van der Waals surface area contributed by atoms with E-state index in [-0.39, 0.29) is 18.2 Å². The molecule has 1 saturated heterocycles. The molecule has 2 aliphatic heterocycles. The molecule has 3 unspecified atom stereocenters. The number of nitrogens with zero attached hydrogens (tertiary/aromatic N) is 1. The molecule has 0 aromatic heterocycles. The average Bonchev–Trinajstić information content (AvgIpc) is 2.91. The van der Waals surface area contributed by atoms with E-state index in [0.29, 0.717) is 24.3 Å². The van der Waals surface area contributed by atoms with Crippen molar-refractivity contribution < 1.29 is 24.5 Å². The lowest BCUT2D eigenvalue weighted by atomic mass is 9.48. The van der Waals surface area contributed by atoms with Gasteiger partial charge in [0.15, 0.2) is 23.4 Å². The summed E-state index contributed by atoms with van der Waals surface area (Å²) in [5.41, 5.74) is -0.304. The van der Waals surface area contributed by atoms with E-state index in [4.69, 9.17) is 9.47 Å². The third-order valence-electron chi connectivity index (χ3n) is 6.78. The molecule has 2 heterocycles. The minimum atomic E-state index is -1.39. The van der Waals surface area contributed by atoms with Crippen LogP contribution in [0.4, 0.5) is 0 Å². The maximum atomic E-state index is 12.7. The number of aliphatic hydroxyl groups excluding tert-OH is 1. The van der Waals surface area contributed by atoms with Crippen LogP contribution in [0, 0.1) is 0 Å². The Morgan fingerprint density at radius 1 is 1.38 bits per heavy atom. The number of methoxy groups -OCH3 is 1. The predicted octanol–water partition coefficient (Wildman–Crippen LogP) is 0.0190. The summed E-state index contributed by atoms with van der Waals surface area (Å²) < 4.78 is 11.5. The van der Waals surface area contributed by atoms with Crippen molar-refractivity contribution in [2.75, 3.05) is 20.7 Å². The lowest BCUT2D eigenvalue weighted by Crippen LogP contribution is -2.80. The van der Waals surface area contributed by atoms with E-state index in [2.05, 4.69) is 4.90 Å². The highest BCUT2D eigenvalue weighted by molar-refractivity contribution is 5.90. The van der Waals surface area contributed by atoms with Gasteiger partial charge in [0.25, 0.3) is 0 Å². The molecule has 0 radical (unpaired) electrons. The average molecular weight is 331 g/mol. The Morgan fingerprint density at radius 3 is 2.92 bits per heavy atom. The number of ether oxygens (including phenoxy) is 2.